The molecule has 0 radical (unpaired) electrons. The van der Waals surface area contributed by atoms with Crippen LogP contribution in [-0.4, -0.2) is 37.4 Å². The van der Waals surface area contributed by atoms with Gasteiger partial charge in [-0.3, -0.25) is 10.1 Å². The molecule has 1 aliphatic heterocycles. The highest BCUT2D eigenvalue weighted by atomic mass is 32.2. The van der Waals surface area contributed by atoms with Gasteiger partial charge < -0.3 is 5.73 Å². The van der Waals surface area contributed by atoms with Gasteiger partial charge in [-0.2, -0.15) is 0 Å². The van der Waals surface area contributed by atoms with Gasteiger partial charge in [-0.1, -0.05) is 19.3 Å². The van der Waals surface area contributed by atoms with E-state index < -0.39 is 21.3 Å². The molecule has 3 N–H and O–H groups in total. The van der Waals surface area contributed by atoms with Gasteiger partial charge in [0.15, 0.2) is 9.84 Å². The molecule has 0 bridgehead atoms. The van der Waals surface area contributed by atoms with Crippen LogP contribution in [0.4, 0.5) is 0 Å². The lowest BCUT2D eigenvalue weighted by molar-refractivity contribution is -0.124. The number of hydrogen-bond acceptors (Lipinski definition) is 4. The first-order valence-corrected chi connectivity index (χ1v) is 8.54. The fourth-order valence-corrected chi connectivity index (χ4v) is 4.98. The third-order valence-electron chi connectivity index (χ3n) is 4.08. The quantitative estimate of drug-likeness (QED) is 0.776. The molecule has 5 nitrogen and oxygen atoms in total. The molecular formula is C12H22N2O3S. The number of hydrogen-bond donors (Lipinski definition) is 2. The molecule has 0 spiro atoms. The molecule has 1 saturated carbocycles. The van der Waals surface area contributed by atoms with E-state index >= 15 is 0 Å². The molecule has 104 valence electrons. The number of sulfone groups is 1. The summed E-state index contributed by atoms with van der Waals surface area (Å²) in [4.78, 5) is 11.7. The second-order valence-corrected chi connectivity index (χ2v) is 7.81. The molecule has 0 aromatic carbocycles. The molecule has 0 aromatic heterocycles. The first kappa shape index (κ1) is 13.8. The molecule has 1 amide bonds. The van der Waals surface area contributed by atoms with Crippen molar-refractivity contribution in [2.75, 3.05) is 11.5 Å². The lowest BCUT2D eigenvalue weighted by Crippen LogP contribution is -2.64. The lowest BCUT2D eigenvalue weighted by Gasteiger charge is -2.39. The van der Waals surface area contributed by atoms with Crippen LogP contribution in [0.15, 0.2) is 0 Å². The standard InChI is InChI=1S/C12H22N2O3S/c13-11(15)12(7-4-8-18(16,17)9-12)14-10-5-2-1-3-6-10/h10,14H,1-9H2,(H2,13,15). The van der Waals surface area contributed by atoms with Crippen LogP contribution in [0.1, 0.15) is 44.9 Å². The van der Waals surface area contributed by atoms with E-state index in [-0.39, 0.29) is 17.5 Å². The molecule has 6 heteroatoms. The highest BCUT2D eigenvalue weighted by Crippen LogP contribution is 2.27. The Hall–Kier alpha value is -0.620. The Labute approximate surface area is 108 Å². The van der Waals surface area contributed by atoms with Gasteiger partial charge in [0.25, 0.3) is 0 Å². The Morgan fingerprint density at radius 3 is 2.39 bits per heavy atom. The van der Waals surface area contributed by atoms with E-state index in [9.17, 15) is 13.2 Å². The van der Waals surface area contributed by atoms with Crippen LogP contribution in [0.25, 0.3) is 0 Å². The van der Waals surface area contributed by atoms with E-state index in [0.29, 0.717) is 12.8 Å². The van der Waals surface area contributed by atoms with E-state index in [0.717, 1.165) is 25.7 Å². The first-order chi connectivity index (χ1) is 8.44. The fourth-order valence-electron chi connectivity index (χ4n) is 3.13. The summed E-state index contributed by atoms with van der Waals surface area (Å²) in [6.45, 7) is 0. The number of rotatable bonds is 3. The van der Waals surface area contributed by atoms with E-state index in [1.165, 1.54) is 6.42 Å². The van der Waals surface area contributed by atoms with E-state index in [1.54, 1.807) is 0 Å². The van der Waals surface area contributed by atoms with Gasteiger partial charge in [-0.25, -0.2) is 8.42 Å². The summed E-state index contributed by atoms with van der Waals surface area (Å²) in [5.41, 5.74) is 4.45. The normalized spacial score (nSPS) is 33.1. The number of carbonyl (C=O) groups is 1. The predicted molar refractivity (Wildman–Crippen MR) is 69.8 cm³/mol. The predicted octanol–water partition coefficient (Wildman–Crippen LogP) is 0.341. The Balaban J connectivity index is 2.13. The number of amides is 1. The van der Waals surface area contributed by atoms with E-state index in [2.05, 4.69) is 5.32 Å². The maximum Gasteiger partial charge on any atom is 0.238 e. The van der Waals surface area contributed by atoms with Crippen LogP contribution >= 0.6 is 0 Å². The zero-order valence-electron chi connectivity index (χ0n) is 10.7. The number of primary amides is 1. The van der Waals surface area contributed by atoms with Crippen molar-refractivity contribution >= 4 is 15.7 Å². The summed E-state index contributed by atoms with van der Waals surface area (Å²) >= 11 is 0. The SMILES string of the molecule is NC(=O)C1(NC2CCCCC2)CCCS(=O)(=O)C1. The topological polar surface area (TPSA) is 89.3 Å². The number of nitrogens with one attached hydrogen (secondary N) is 1. The van der Waals surface area contributed by atoms with Gasteiger partial charge in [-0.15, -0.1) is 0 Å². The molecule has 2 fully saturated rings. The Morgan fingerprint density at radius 2 is 1.83 bits per heavy atom. The highest BCUT2D eigenvalue weighted by molar-refractivity contribution is 7.91. The molecule has 0 aromatic rings. The minimum Gasteiger partial charge on any atom is -0.368 e. The van der Waals surface area contributed by atoms with Crippen LogP contribution in [0.3, 0.4) is 0 Å². The van der Waals surface area contributed by atoms with Crippen LogP contribution in [0.5, 0.6) is 0 Å². The molecular weight excluding hydrogens is 252 g/mol. The Morgan fingerprint density at radius 1 is 1.17 bits per heavy atom. The summed E-state index contributed by atoms with van der Waals surface area (Å²) in [6, 6.07) is 0.236. The van der Waals surface area contributed by atoms with E-state index in [4.69, 9.17) is 5.73 Å². The van der Waals surface area contributed by atoms with Crippen molar-refractivity contribution in [2.24, 2.45) is 5.73 Å². The Kier molecular flexibility index (Phi) is 3.96. The van der Waals surface area contributed by atoms with Crippen LogP contribution in [0, 0.1) is 0 Å². The minimum absolute atomic E-state index is 0.133. The van der Waals surface area contributed by atoms with Crippen molar-refractivity contribution in [1.29, 1.82) is 0 Å². The number of carbonyl (C=O) groups excluding carboxylic acids is 1. The van der Waals surface area contributed by atoms with Crippen molar-refractivity contribution < 1.29 is 13.2 Å². The molecule has 1 unspecified atom stereocenters. The second-order valence-electron chi connectivity index (χ2n) is 5.62. The van der Waals surface area contributed by atoms with Gasteiger partial charge in [0, 0.05) is 6.04 Å². The first-order valence-electron chi connectivity index (χ1n) is 6.72. The zero-order chi connectivity index (χ0) is 13.2. The van der Waals surface area contributed by atoms with Crippen LogP contribution < -0.4 is 11.1 Å². The smallest absolute Gasteiger partial charge is 0.238 e. The van der Waals surface area contributed by atoms with Crippen molar-refractivity contribution in [3.63, 3.8) is 0 Å². The van der Waals surface area contributed by atoms with Gasteiger partial charge in [0.1, 0.15) is 5.54 Å². The summed E-state index contributed by atoms with van der Waals surface area (Å²) in [7, 11) is -3.15. The van der Waals surface area contributed by atoms with Crippen LogP contribution in [0.2, 0.25) is 0 Å². The van der Waals surface area contributed by atoms with E-state index in [1.807, 2.05) is 0 Å². The summed E-state index contributed by atoms with van der Waals surface area (Å²) in [6.07, 6.45) is 6.58. The summed E-state index contributed by atoms with van der Waals surface area (Å²) < 4.78 is 23.5. The third-order valence-corrected chi connectivity index (χ3v) is 5.93. The highest BCUT2D eigenvalue weighted by Gasteiger charge is 2.44. The van der Waals surface area contributed by atoms with Gasteiger partial charge >= 0.3 is 0 Å². The minimum atomic E-state index is -3.15. The summed E-state index contributed by atoms with van der Waals surface area (Å²) in [5.74, 6) is -0.475. The van der Waals surface area contributed by atoms with Crippen molar-refractivity contribution in [3.8, 4) is 0 Å². The molecule has 1 heterocycles. The maximum atomic E-state index is 11.8. The molecule has 2 aliphatic rings. The average molecular weight is 274 g/mol. The van der Waals surface area contributed by atoms with Crippen LogP contribution in [-0.2, 0) is 14.6 Å². The Bertz CT molecular complexity index is 415. The third kappa shape index (κ3) is 3.03. The van der Waals surface area contributed by atoms with Crippen molar-refractivity contribution in [2.45, 2.75) is 56.5 Å². The van der Waals surface area contributed by atoms with Crippen molar-refractivity contribution in [1.82, 2.24) is 5.32 Å². The molecule has 1 atom stereocenters. The molecule has 2 rings (SSSR count). The fraction of sp³-hybridized carbons (Fsp3) is 0.917. The maximum absolute atomic E-state index is 11.8. The summed E-state index contributed by atoms with van der Waals surface area (Å²) in [5, 5.41) is 3.27. The number of nitrogens with two attached hydrogens (primary N) is 1. The molecule has 1 saturated heterocycles. The average Bonchev–Trinajstić information content (AvgIpc) is 2.28. The molecule has 1 aliphatic carbocycles. The zero-order valence-corrected chi connectivity index (χ0v) is 11.5. The van der Waals surface area contributed by atoms with Gasteiger partial charge in [0.2, 0.25) is 5.91 Å². The second kappa shape index (κ2) is 5.17. The van der Waals surface area contributed by atoms with Crippen molar-refractivity contribution in [3.05, 3.63) is 0 Å². The van der Waals surface area contributed by atoms with Gasteiger partial charge in [0.05, 0.1) is 11.5 Å². The largest absolute Gasteiger partial charge is 0.368 e. The lowest BCUT2D eigenvalue weighted by atomic mass is 9.89. The monoisotopic (exact) mass is 274 g/mol. The molecule has 18 heavy (non-hydrogen) atoms. The van der Waals surface area contributed by atoms with Gasteiger partial charge in [-0.05, 0) is 25.7 Å².